The van der Waals surface area contributed by atoms with Gasteiger partial charge in [0.25, 0.3) is 0 Å². The molecule has 0 aromatic rings. The molecule has 0 rings (SSSR count). The summed E-state index contributed by atoms with van der Waals surface area (Å²) in [4.78, 5) is 22.1. The molecule has 0 saturated heterocycles. The van der Waals surface area contributed by atoms with Crippen LogP contribution in [-0.2, 0) is 9.59 Å². The Kier molecular flexibility index (Phi) is 3.26. The molecule has 2 nitrogen and oxygen atoms in total. The average molecular weight is 162 g/mol. The highest BCUT2D eigenvalue weighted by Gasteiger charge is 2.37. The molecule has 0 N–H and O–H groups in total. The van der Waals surface area contributed by atoms with Gasteiger partial charge in [-0.1, -0.05) is 5.92 Å². The van der Waals surface area contributed by atoms with Gasteiger partial charge in [-0.05, 0) is 13.8 Å². The quantitative estimate of drug-likeness (QED) is 0.454. The van der Waals surface area contributed by atoms with Crippen LogP contribution in [0.3, 0.4) is 0 Å². The van der Waals surface area contributed by atoms with Crippen molar-refractivity contribution in [3.63, 3.8) is 0 Å². The molecule has 0 heterocycles. The number of hydrogen-bond donors (Lipinski definition) is 0. The second-order valence-electron chi connectivity index (χ2n) is 2.54. The van der Waals surface area contributed by atoms with E-state index >= 15 is 0 Å². The lowest BCUT2D eigenvalue weighted by atomic mass is 9.78. The summed E-state index contributed by atoms with van der Waals surface area (Å²) in [7, 11) is 0. The Balaban J connectivity index is 5.10. The molecule has 0 aliphatic carbocycles. The summed E-state index contributed by atoms with van der Waals surface area (Å²) < 4.78 is 0. The van der Waals surface area contributed by atoms with Crippen LogP contribution in [0.25, 0.3) is 0 Å². The van der Waals surface area contributed by atoms with Crippen molar-refractivity contribution < 1.29 is 9.59 Å². The maximum absolute atomic E-state index is 11.1. The summed E-state index contributed by atoms with van der Waals surface area (Å²) in [6.45, 7) is 2.55. The van der Waals surface area contributed by atoms with E-state index in [0.29, 0.717) is 0 Å². The molecular weight excluding hydrogens is 152 g/mol. The Hall–Kier alpha value is -1.54. The highest BCUT2D eigenvalue weighted by atomic mass is 16.2. The zero-order valence-electron chi connectivity index (χ0n) is 7.18. The minimum atomic E-state index is -1.39. The number of hydrogen-bond acceptors (Lipinski definition) is 2. The van der Waals surface area contributed by atoms with Gasteiger partial charge in [-0.3, -0.25) is 9.59 Å². The van der Waals surface area contributed by atoms with Crippen LogP contribution in [0.1, 0.15) is 20.3 Å². The van der Waals surface area contributed by atoms with Crippen LogP contribution in [0.15, 0.2) is 0 Å². The Morgan fingerprint density at radius 2 is 1.67 bits per heavy atom. The molecule has 0 aromatic heterocycles. The first kappa shape index (κ1) is 10.5. The zero-order chi connectivity index (χ0) is 9.78. The maximum atomic E-state index is 11.1. The van der Waals surface area contributed by atoms with E-state index in [1.165, 1.54) is 13.8 Å². The Labute approximate surface area is 72.3 Å². The normalized spacial score (nSPS) is 9.67. The van der Waals surface area contributed by atoms with Gasteiger partial charge in [-0.2, -0.15) is 0 Å². The van der Waals surface area contributed by atoms with Gasteiger partial charge >= 0.3 is 0 Å². The van der Waals surface area contributed by atoms with Gasteiger partial charge in [0.2, 0.25) is 0 Å². The van der Waals surface area contributed by atoms with Crippen molar-refractivity contribution >= 4 is 11.6 Å². The fraction of sp³-hybridized carbons (Fsp3) is 0.400. The molecule has 62 valence electrons. The van der Waals surface area contributed by atoms with E-state index in [4.69, 9.17) is 12.8 Å². The maximum Gasteiger partial charge on any atom is 0.157 e. The molecule has 0 atom stereocenters. The van der Waals surface area contributed by atoms with Gasteiger partial charge in [0.1, 0.15) is 0 Å². The second-order valence-corrected chi connectivity index (χ2v) is 2.54. The van der Waals surface area contributed by atoms with E-state index in [1.807, 2.05) is 0 Å². The largest absolute Gasteiger partial charge is 0.298 e. The van der Waals surface area contributed by atoms with Gasteiger partial charge in [0.15, 0.2) is 17.0 Å². The molecule has 0 aromatic carbocycles. The highest BCUT2D eigenvalue weighted by Crippen LogP contribution is 2.22. The second kappa shape index (κ2) is 3.74. The fourth-order valence-electron chi connectivity index (χ4n) is 0.904. The van der Waals surface area contributed by atoms with Gasteiger partial charge in [0.05, 0.1) is 0 Å². The third kappa shape index (κ3) is 1.54. The number of carbonyl (C=O) groups is 2. The lowest BCUT2D eigenvalue weighted by Crippen LogP contribution is -2.34. The number of terminal acetylenes is 2. The predicted octanol–water partition coefficient (Wildman–Crippen LogP) is 0.807. The van der Waals surface area contributed by atoms with Gasteiger partial charge in [0, 0.05) is 6.42 Å². The summed E-state index contributed by atoms with van der Waals surface area (Å²) in [5, 5.41) is 0. The number of Topliss-reactive ketones (excluding diaryl/α,β-unsaturated/α-hetero) is 2. The molecule has 0 bridgehead atoms. The number of ketones is 2. The van der Waals surface area contributed by atoms with Crippen LogP contribution in [0.2, 0.25) is 0 Å². The Bertz CT molecular complexity index is 272. The topological polar surface area (TPSA) is 34.1 Å². The lowest BCUT2D eigenvalue weighted by molar-refractivity contribution is -0.134. The van der Waals surface area contributed by atoms with Crippen molar-refractivity contribution in [2.45, 2.75) is 20.3 Å². The molecule has 0 radical (unpaired) electrons. The molecule has 0 fully saturated rings. The summed E-state index contributed by atoms with van der Waals surface area (Å²) in [5.74, 6) is 3.68. The third-order valence-electron chi connectivity index (χ3n) is 1.82. The summed E-state index contributed by atoms with van der Waals surface area (Å²) in [5.41, 5.74) is -1.39. The Morgan fingerprint density at radius 1 is 1.25 bits per heavy atom. The highest BCUT2D eigenvalue weighted by molar-refractivity contribution is 6.08. The Morgan fingerprint density at radius 3 is 1.75 bits per heavy atom. The smallest absolute Gasteiger partial charge is 0.157 e. The molecule has 12 heavy (non-hydrogen) atoms. The van der Waals surface area contributed by atoms with Crippen molar-refractivity contribution in [3.05, 3.63) is 0 Å². The fourth-order valence-corrected chi connectivity index (χ4v) is 0.904. The van der Waals surface area contributed by atoms with Crippen molar-refractivity contribution in [1.82, 2.24) is 0 Å². The van der Waals surface area contributed by atoms with Gasteiger partial charge in [-0.15, -0.1) is 18.8 Å². The molecule has 0 saturated carbocycles. The first-order chi connectivity index (χ1) is 5.51. The number of carbonyl (C=O) groups excluding carboxylic acids is 2. The zero-order valence-corrected chi connectivity index (χ0v) is 7.18. The van der Waals surface area contributed by atoms with Crippen molar-refractivity contribution in [3.8, 4) is 24.7 Å². The molecule has 2 heteroatoms. The molecule has 0 spiro atoms. The van der Waals surface area contributed by atoms with Gasteiger partial charge in [-0.25, -0.2) is 0 Å². The standard InChI is InChI=1S/C10H10O2/c1-5-7-10(6-2,8(3)11)9(4)12/h1-2H,7H2,3-4H3. The van der Waals surface area contributed by atoms with Crippen molar-refractivity contribution in [2.24, 2.45) is 5.41 Å². The van der Waals surface area contributed by atoms with E-state index < -0.39 is 5.41 Å². The van der Waals surface area contributed by atoms with Crippen LogP contribution in [0.5, 0.6) is 0 Å². The van der Waals surface area contributed by atoms with E-state index in [9.17, 15) is 9.59 Å². The SMILES string of the molecule is C#CCC(C#C)(C(C)=O)C(C)=O. The summed E-state index contributed by atoms with van der Waals surface area (Å²) in [6, 6.07) is 0. The molecule has 0 aliphatic rings. The molecule has 0 unspecified atom stereocenters. The average Bonchev–Trinajstić information content (AvgIpc) is 1.98. The van der Waals surface area contributed by atoms with Crippen molar-refractivity contribution in [1.29, 1.82) is 0 Å². The molecule has 0 amide bonds. The third-order valence-corrected chi connectivity index (χ3v) is 1.82. The lowest BCUT2D eigenvalue weighted by Gasteiger charge is -2.18. The van der Waals surface area contributed by atoms with Crippen LogP contribution in [0.4, 0.5) is 0 Å². The molecule has 0 aliphatic heterocycles. The number of rotatable bonds is 3. The molecular formula is C10H10O2. The van der Waals surface area contributed by atoms with Crippen LogP contribution in [0, 0.1) is 30.1 Å². The van der Waals surface area contributed by atoms with Gasteiger partial charge < -0.3 is 0 Å². The monoisotopic (exact) mass is 162 g/mol. The van der Waals surface area contributed by atoms with E-state index in [-0.39, 0.29) is 18.0 Å². The van der Waals surface area contributed by atoms with Crippen molar-refractivity contribution in [2.75, 3.05) is 0 Å². The minimum Gasteiger partial charge on any atom is -0.298 e. The minimum absolute atomic E-state index is 0.0197. The van der Waals surface area contributed by atoms with E-state index in [2.05, 4.69) is 11.8 Å². The summed E-state index contributed by atoms with van der Waals surface area (Å²) >= 11 is 0. The first-order valence-electron chi connectivity index (χ1n) is 3.44. The van der Waals surface area contributed by atoms with E-state index in [0.717, 1.165) is 0 Å². The predicted molar refractivity (Wildman–Crippen MR) is 46.1 cm³/mol. The van der Waals surface area contributed by atoms with Crippen LogP contribution >= 0.6 is 0 Å². The van der Waals surface area contributed by atoms with Crippen LogP contribution < -0.4 is 0 Å². The summed E-state index contributed by atoms with van der Waals surface area (Å²) in [6.07, 6.45) is 10.1. The first-order valence-corrected chi connectivity index (χ1v) is 3.44. The van der Waals surface area contributed by atoms with Crippen LogP contribution in [-0.4, -0.2) is 11.6 Å². The van der Waals surface area contributed by atoms with E-state index in [1.54, 1.807) is 0 Å².